The third-order valence-corrected chi connectivity index (χ3v) is 25.0. The van der Waals surface area contributed by atoms with Gasteiger partial charge in [0, 0.05) is 17.8 Å². The van der Waals surface area contributed by atoms with Crippen molar-refractivity contribution in [1.82, 2.24) is 0 Å². The lowest BCUT2D eigenvalue weighted by Gasteiger charge is -2.32. The van der Waals surface area contributed by atoms with E-state index in [0.717, 1.165) is 25.9 Å². The Morgan fingerprint density at radius 1 is 0.253 bits per heavy atom. The van der Waals surface area contributed by atoms with Gasteiger partial charge in [0.25, 0.3) is 0 Å². The Kier molecular flexibility index (Phi) is 27.7. The van der Waals surface area contributed by atoms with Crippen LogP contribution in [0.3, 0.4) is 0 Å². The largest absolute Gasteiger partial charge is 0.549 e. The van der Waals surface area contributed by atoms with E-state index in [1.165, 1.54) is 60.7 Å². The van der Waals surface area contributed by atoms with E-state index in [4.69, 9.17) is 62.8 Å². The van der Waals surface area contributed by atoms with Gasteiger partial charge in [-0.05, 0) is 73.5 Å². The quantitative estimate of drug-likeness (QED) is 0.0182. The van der Waals surface area contributed by atoms with Gasteiger partial charge in [-0.25, -0.2) is 72.8 Å². The van der Waals surface area contributed by atoms with Crippen molar-refractivity contribution in [3.8, 4) is 0 Å². The van der Waals surface area contributed by atoms with Crippen LogP contribution in [0.15, 0.2) is 121 Å². The summed E-state index contributed by atoms with van der Waals surface area (Å²) in [5.74, 6) is -9.35. The molecule has 30 heteroatoms. The third kappa shape index (κ3) is 25.6. The first-order valence-electron chi connectivity index (χ1n) is 30.2. The molecule has 95 heavy (non-hydrogen) atoms. The van der Waals surface area contributed by atoms with Crippen LogP contribution in [0.25, 0.3) is 0 Å². The summed E-state index contributed by atoms with van der Waals surface area (Å²) >= 11 is 0. The van der Waals surface area contributed by atoms with Crippen molar-refractivity contribution >= 4 is 127 Å². The molecule has 0 aliphatic heterocycles. The Morgan fingerprint density at radius 2 is 0.432 bits per heavy atom. The van der Waals surface area contributed by atoms with Crippen LogP contribution >= 0.6 is 0 Å². The second kappa shape index (κ2) is 34.3. The smallest absolute Gasteiger partial charge is 0.432 e. The number of rotatable bonds is 24. The SMILES string of the molecule is C[Si](C)(C)c1ccc(C(=O)OOC(=O)OCCC(COC(=O)OOC(=O)c2ccc([Si](C)(C)C)cc2)C(COC(=O)OOC(=O)c2ccc([Si](C)(C)C)cc2)C(CCOC(=O)OOC(=O)c2ccc([Si](C)(C)C)cc2)COC(=O)OOC(=O)c2ccc([Si](C)(C)C)cc2)cc1. The Bertz CT molecular complexity index is 3270. The van der Waals surface area contributed by atoms with Crippen LogP contribution in [0.4, 0.5) is 24.0 Å². The van der Waals surface area contributed by atoms with E-state index >= 15 is 0 Å². The summed E-state index contributed by atoms with van der Waals surface area (Å²) in [5.41, 5.74) is 0.142. The number of carbonyl (C=O) groups excluding carboxylic acids is 10. The fraction of sp³-hybridized carbons (Fsp3) is 0.385. The molecule has 0 aliphatic carbocycles. The first-order chi connectivity index (χ1) is 44.4. The van der Waals surface area contributed by atoms with Crippen molar-refractivity contribution < 1.29 is 121 Å². The predicted octanol–water partition coefficient (Wildman–Crippen LogP) is 11.0. The van der Waals surface area contributed by atoms with Crippen LogP contribution in [0.1, 0.15) is 64.6 Å². The average Bonchev–Trinajstić information content (AvgIpc) is 1.31. The van der Waals surface area contributed by atoms with E-state index in [9.17, 15) is 47.9 Å². The Morgan fingerprint density at radius 3 is 0.621 bits per heavy atom. The van der Waals surface area contributed by atoms with Crippen molar-refractivity contribution in [2.45, 2.75) is 111 Å². The van der Waals surface area contributed by atoms with Crippen molar-refractivity contribution in [2.75, 3.05) is 33.0 Å². The van der Waals surface area contributed by atoms with Crippen LogP contribution in [-0.4, -0.2) is 134 Å². The molecule has 0 bridgehead atoms. The van der Waals surface area contributed by atoms with Gasteiger partial charge >= 0.3 is 60.6 Å². The molecule has 5 rings (SSSR count). The minimum Gasteiger partial charge on any atom is -0.432 e. The summed E-state index contributed by atoms with van der Waals surface area (Å²) in [6.07, 6.45) is -8.76. The summed E-state index contributed by atoms with van der Waals surface area (Å²) in [6, 6.07) is 32.4. The summed E-state index contributed by atoms with van der Waals surface area (Å²) in [6.45, 7) is 27.7. The van der Waals surface area contributed by atoms with Gasteiger partial charge in [-0.15, -0.1) is 0 Å². The van der Waals surface area contributed by atoms with Gasteiger partial charge in [0.05, 0.1) is 101 Å². The van der Waals surface area contributed by atoms with Crippen LogP contribution in [0, 0.1) is 17.8 Å². The fourth-order valence-corrected chi connectivity index (χ4v) is 14.7. The summed E-state index contributed by atoms with van der Waals surface area (Å²) in [4.78, 5) is 179. The molecule has 25 nitrogen and oxygen atoms in total. The molecule has 0 aromatic heterocycles. The highest BCUT2D eigenvalue weighted by Crippen LogP contribution is 2.30. The second-order valence-corrected chi connectivity index (χ2v) is 52.4. The molecule has 0 saturated heterocycles. The highest BCUT2D eigenvalue weighted by atomic mass is 28.3. The zero-order chi connectivity index (χ0) is 70.5. The lowest BCUT2D eigenvalue weighted by molar-refractivity contribution is -0.210. The van der Waals surface area contributed by atoms with Gasteiger partial charge in [0.15, 0.2) is 0 Å². The molecule has 0 spiro atoms. The molecule has 0 N–H and O–H groups in total. The molecule has 0 saturated carbocycles. The molecule has 0 radical (unpaired) electrons. The van der Waals surface area contributed by atoms with Gasteiger partial charge < -0.3 is 23.7 Å². The summed E-state index contributed by atoms with van der Waals surface area (Å²) < 4.78 is 26.9. The lowest BCUT2D eigenvalue weighted by atomic mass is 9.79. The van der Waals surface area contributed by atoms with Crippen molar-refractivity contribution in [3.05, 3.63) is 149 Å². The number of hydrogen-bond donors (Lipinski definition) is 0. The summed E-state index contributed by atoms with van der Waals surface area (Å²) in [5, 5.41) is 5.13. The van der Waals surface area contributed by atoms with Crippen LogP contribution in [-0.2, 0) is 72.6 Å². The minimum atomic E-state index is -1.79. The van der Waals surface area contributed by atoms with Crippen LogP contribution in [0.2, 0.25) is 98.2 Å². The second-order valence-electron chi connectivity index (χ2n) is 27.0. The molecule has 0 fully saturated rings. The van der Waals surface area contributed by atoms with E-state index in [2.05, 4.69) is 108 Å². The van der Waals surface area contributed by atoms with E-state index in [0.29, 0.717) is 0 Å². The fourth-order valence-electron chi connectivity index (χ4n) is 8.85. The Balaban J connectivity index is 1.44. The molecule has 0 heterocycles. The Hall–Kier alpha value is -9.12. The number of hydrogen-bond acceptors (Lipinski definition) is 25. The van der Waals surface area contributed by atoms with Gasteiger partial charge in [-0.3, -0.25) is 0 Å². The Labute approximate surface area is 555 Å². The zero-order valence-electron chi connectivity index (χ0n) is 55.9. The molecule has 2 atom stereocenters. The molecule has 5 aromatic carbocycles. The topological polar surface area (TPSA) is 309 Å². The molecule has 5 aromatic rings. The van der Waals surface area contributed by atoms with E-state index in [1.54, 1.807) is 60.7 Å². The zero-order valence-corrected chi connectivity index (χ0v) is 60.9. The first-order valence-corrected chi connectivity index (χ1v) is 47.7. The third-order valence-electron chi connectivity index (χ3n) is 14.7. The molecule has 2 unspecified atom stereocenters. The maximum atomic E-state index is 13.4. The van der Waals surface area contributed by atoms with Crippen molar-refractivity contribution in [3.63, 3.8) is 0 Å². The van der Waals surface area contributed by atoms with Crippen LogP contribution in [0.5, 0.6) is 0 Å². The number of ether oxygens (including phenoxy) is 5. The average molecular weight is 1400 g/mol. The predicted molar refractivity (Wildman–Crippen MR) is 356 cm³/mol. The minimum absolute atomic E-state index is 0.0101. The maximum absolute atomic E-state index is 13.4. The first kappa shape index (κ1) is 76.6. The monoisotopic (exact) mass is 1400 g/mol. The highest BCUT2D eigenvalue weighted by molar-refractivity contribution is 6.90. The van der Waals surface area contributed by atoms with Crippen LogP contribution < -0.4 is 25.9 Å². The lowest BCUT2D eigenvalue weighted by Crippen LogP contribution is -2.37. The van der Waals surface area contributed by atoms with Crippen molar-refractivity contribution in [1.29, 1.82) is 0 Å². The number of benzene rings is 5. The van der Waals surface area contributed by atoms with Gasteiger partial charge in [0.2, 0.25) is 0 Å². The van der Waals surface area contributed by atoms with Crippen molar-refractivity contribution in [2.24, 2.45) is 17.8 Å². The number of carbonyl (C=O) groups is 10. The van der Waals surface area contributed by atoms with Gasteiger partial charge in [-0.2, -0.15) is 24.0 Å². The molecular weight excluding hydrogens is 1320 g/mol. The molecular formula is C65H82O25Si5. The van der Waals surface area contributed by atoms with E-state index < -0.39 is 165 Å². The molecule has 0 amide bonds. The van der Waals surface area contributed by atoms with E-state index in [1.807, 2.05) is 0 Å². The van der Waals surface area contributed by atoms with Gasteiger partial charge in [-0.1, -0.05) is 185 Å². The molecule has 0 aliphatic rings. The van der Waals surface area contributed by atoms with Gasteiger partial charge in [0.1, 0.15) is 0 Å². The highest BCUT2D eigenvalue weighted by Gasteiger charge is 2.36. The standard InChI is InChI=1S/C65H82O25Si5/c1-91(2,3)50-26-16-43(17-27-50)56(66)81-86-61(71)76-38-36-48(40-78-63(73)88-83-58(68)45-20-30-52(31-21-45)93(7,8)9)55(42-80-65(75)90-85-60(70)47-24-34-54(35-25-47)95(13,14)15)49(41-79-64(74)89-84-59(69)46-22-32-53(33-23-46)94(10,11)12)37-39-77-62(72)87-82-57(67)44-18-28-51(29-19-44)92(4,5)6/h16-35,48-49,55H,36-42H2,1-15H3. The summed E-state index contributed by atoms with van der Waals surface area (Å²) in [7, 11) is -8.86. The van der Waals surface area contributed by atoms with E-state index in [-0.39, 0.29) is 27.8 Å². The molecule has 512 valence electrons. The normalized spacial score (nSPS) is 12.5. The maximum Gasteiger partial charge on any atom is 0.549 e.